The van der Waals surface area contributed by atoms with E-state index in [-0.39, 0.29) is 24.3 Å². The summed E-state index contributed by atoms with van der Waals surface area (Å²) in [6.07, 6.45) is -0.0911. The van der Waals surface area contributed by atoms with Crippen molar-refractivity contribution in [2.24, 2.45) is 5.73 Å². The number of benzene rings is 3. The molecule has 1 saturated heterocycles. The maximum atomic E-state index is 13.4. The van der Waals surface area contributed by atoms with Gasteiger partial charge in [0.2, 0.25) is 0 Å². The van der Waals surface area contributed by atoms with E-state index in [0.717, 1.165) is 54.7 Å². The molecular formula is C29H27N5O3S. The topological polar surface area (TPSA) is 86.7 Å². The summed E-state index contributed by atoms with van der Waals surface area (Å²) in [5, 5.41) is 7.66. The highest BCUT2D eigenvalue weighted by atomic mass is 32.1. The van der Waals surface area contributed by atoms with Gasteiger partial charge in [-0.2, -0.15) is 0 Å². The number of hydrogen-bond donors (Lipinski definition) is 2. The first-order valence-electron chi connectivity index (χ1n) is 12.9. The maximum Gasteiger partial charge on any atom is 0.252 e. The number of likely N-dealkylation sites (N-methyl/N-ethyl adjacent to an activating group) is 1. The second kappa shape index (κ2) is 7.25. The molecule has 0 saturated carbocycles. The number of rotatable bonds is 2. The zero-order chi connectivity index (χ0) is 26.1. The quantitative estimate of drug-likeness (QED) is 0.334. The van der Waals surface area contributed by atoms with Gasteiger partial charge in [0.1, 0.15) is 12.3 Å². The van der Waals surface area contributed by atoms with Crippen LogP contribution in [-0.4, -0.2) is 51.4 Å². The Kier molecular flexibility index (Phi) is 4.26. The summed E-state index contributed by atoms with van der Waals surface area (Å²) >= 11 is 5.44. The summed E-state index contributed by atoms with van der Waals surface area (Å²) in [4.78, 5) is 15.4. The molecule has 5 aromatic rings. The van der Waals surface area contributed by atoms with Crippen molar-refractivity contribution in [3.8, 4) is 0 Å². The van der Waals surface area contributed by atoms with Crippen molar-refractivity contribution in [3.63, 3.8) is 0 Å². The molecule has 4 atom stereocenters. The van der Waals surface area contributed by atoms with E-state index in [4.69, 9.17) is 27.4 Å². The highest BCUT2D eigenvalue weighted by Crippen LogP contribution is 2.54. The lowest BCUT2D eigenvalue weighted by molar-refractivity contribution is -0.263. The molecule has 8 rings (SSSR count). The van der Waals surface area contributed by atoms with Crippen molar-refractivity contribution in [1.29, 1.82) is 0 Å². The molecular weight excluding hydrogens is 498 g/mol. The zero-order valence-corrected chi connectivity index (χ0v) is 22.1. The van der Waals surface area contributed by atoms with E-state index < -0.39 is 5.72 Å². The van der Waals surface area contributed by atoms with Gasteiger partial charge in [0, 0.05) is 48.7 Å². The van der Waals surface area contributed by atoms with Crippen LogP contribution in [0.4, 0.5) is 0 Å². The summed E-state index contributed by atoms with van der Waals surface area (Å²) in [5.74, 6) is -0.0261. The maximum absolute atomic E-state index is 13.4. The Morgan fingerprint density at radius 2 is 1.82 bits per heavy atom. The van der Waals surface area contributed by atoms with E-state index >= 15 is 0 Å². The van der Waals surface area contributed by atoms with Gasteiger partial charge in [-0.3, -0.25) is 4.79 Å². The number of methoxy groups -OCH3 is 1. The molecule has 3 aliphatic heterocycles. The Hall–Kier alpha value is -3.66. The molecule has 5 heterocycles. The average Bonchev–Trinajstić information content (AvgIpc) is 3.55. The molecule has 0 aliphatic carbocycles. The van der Waals surface area contributed by atoms with Gasteiger partial charge in [0.25, 0.3) is 5.91 Å². The minimum atomic E-state index is -0.889. The summed E-state index contributed by atoms with van der Waals surface area (Å²) < 4.78 is 18.0. The minimum absolute atomic E-state index is 0.0261. The molecule has 8 nitrogen and oxygen atoms in total. The molecule has 3 aromatic carbocycles. The molecule has 0 radical (unpaired) electrons. The number of para-hydroxylation sites is 2. The van der Waals surface area contributed by atoms with Crippen LogP contribution >= 0.6 is 12.2 Å². The van der Waals surface area contributed by atoms with Crippen molar-refractivity contribution >= 4 is 66.8 Å². The number of nitrogens with two attached hydrogens (primary N) is 1. The standard InChI is InChI=1S/C29H27N5O3S/c1-29-26(36-3)19(32(2)28(30)38)12-20(37-29)33-17-10-6-4-8-14(17)22-23-16(13-31-27(23)35)21-15-9-5-7-11-18(15)34(29)25(21)24(22)33/h4-11,19-20,26H,12-13H2,1-3H3,(H2,30,38)(H,31,35). The molecule has 0 spiro atoms. The third-order valence-electron chi connectivity index (χ3n) is 9.04. The van der Waals surface area contributed by atoms with Gasteiger partial charge in [-0.05, 0) is 36.8 Å². The van der Waals surface area contributed by atoms with Gasteiger partial charge in [-0.1, -0.05) is 36.4 Å². The van der Waals surface area contributed by atoms with E-state index in [0.29, 0.717) is 18.1 Å². The van der Waals surface area contributed by atoms with Gasteiger partial charge in [0.05, 0.1) is 33.7 Å². The summed E-state index contributed by atoms with van der Waals surface area (Å²) in [5.41, 5.74) is 11.3. The fourth-order valence-electron chi connectivity index (χ4n) is 7.56. The number of carbonyl (C=O) groups excluding carboxylic acids is 1. The Morgan fingerprint density at radius 1 is 1.13 bits per heavy atom. The number of ether oxygens (including phenoxy) is 2. The van der Waals surface area contributed by atoms with Gasteiger partial charge < -0.3 is 34.6 Å². The SMILES string of the molecule is COC1C(N(C)C(N)=S)CC2OC1(C)n1c3ccccc3c3c4c(c5c6ccccc6n2c5c31)C(=O)NC4. The third-order valence-corrected chi connectivity index (χ3v) is 9.33. The minimum Gasteiger partial charge on any atom is -0.376 e. The summed E-state index contributed by atoms with van der Waals surface area (Å²) in [7, 11) is 3.66. The van der Waals surface area contributed by atoms with Crippen molar-refractivity contribution in [2.45, 2.75) is 44.0 Å². The molecule has 4 unspecified atom stereocenters. The summed E-state index contributed by atoms with van der Waals surface area (Å²) in [6, 6.07) is 16.5. The predicted octanol–water partition coefficient (Wildman–Crippen LogP) is 4.31. The highest BCUT2D eigenvalue weighted by Gasteiger charge is 2.54. The van der Waals surface area contributed by atoms with Crippen molar-refractivity contribution < 1.29 is 14.3 Å². The largest absolute Gasteiger partial charge is 0.376 e. The molecule has 2 aromatic heterocycles. The van der Waals surface area contributed by atoms with Gasteiger partial charge in [0.15, 0.2) is 10.8 Å². The van der Waals surface area contributed by atoms with Crippen LogP contribution in [0.15, 0.2) is 48.5 Å². The summed E-state index contributed by atoms with van der Waals surface area (Å²) in [6.45, 7) is 2.60. The van der Waals surface area contributed by atoms with Crippen LogP contribution < -0.4 is 11.1 Å². The third kappa shape index (κ3) is 2.43. The van der Waals surface area contributed by atoms with Crippen LogP contribution in [0.2, 0.25) is 0 Å². The van der Waals surface area contributed by atoms with Crippen molar-refractivity contribution in [2.75, 3.05) is 14.2 Å². The molecule has 38 heavy (non-hydrogen) atoms. The van der Waals surface area contributed by atoms with Crippen LogP contribution in [0.1, 0.15) is 35.5 Å². The van der Waals surface area contributed by atoms with Crippen LogP contribution in [-0.2, 0) is 21.7 Å². The number of nitrogens with zero attached hydrogens (tertiary/aromatic N) is 3. The first-order valence-corrected chi connectivity index (χ1v) is 13.3. The van der Waals surface area contributed by atoms with Gasteiger partial charge in [-0.25, -0.2) is 0 Å². The lowest BCUT2D eigenvalue weighted by Gasteiger charge is -2.50. The van der Waals surface area contributed by atoms with E-state index in [1.54, 1.807) is 7.11 Å². The predicted molar refractivity (Wildman–Crippen MR) is 151 cm³/mol. The zero-order valence-electron chi connectivity index (χ0n) is 21.3. The second-order valence-electron chi connectivity index (χ2n) is 10.8. The Morgan fingerprint density at radius 3 is 2.53 bits per heavy atom. The smallest absolute Gasteiger partial charge is 0.252 e. The number of thiocarbonyl (C=S) groups is 1. The molecule has 3 aliphatic rings. The first-order chi connectivity index (χ1) is 18.4. The molecule has 192 valence electrons. The highest BCUT2D eigenvalue weighted by molar-refractivity contribution is 7.80. The number of hydrogen-bond acceptors (Lipinski definition) is 4. The Labute approximate surface area is 223 Å². The lowest BCUT2D eigenvalue weighted by atomic mass is 9.92. The van der Waals surface area contributed by atoms with Crippen LogP contribution in [0.3, 0.4) is 0 Å². The van der Waals surface area contributed by atoms with E-state index in [9.17, 15) is 4.79 Å². The number of aromatic nitrogens is 2. The molecule has 1 fully saturated rings. The van der Waals surface area contributed by atoms with Crippen molar-refractivity contribution in [1.82, 2.24) is 19.4 Å². The average molecular weight is 526 g/mol. The van der Waals surface area contributed by atoms with E-state index in [1.165, 1.54) is 0 Å². The Balaban J connectivity index is 1.66. The van der Waals surface area contributed by atoms with Crippen molar-refractivity contribution in [3.05, 3.63) is 59.7 Å². The second-order valence-corrected chi connectivity index (χ2v) is 11.2. The normalized spacial score (nSPS) is 25.9. The molecule has 1 amide bonds. The fraction of sp³-hybridized carbons (Fsp3) is 0.310. The number of nitrogens with one attached hydrogen (secondary N) is 1. The molecule has 9 heteroatoms. The van der Waals surface area contributed by atoms with Crippen LogP contribution in [0, 0.1) is 0 Å². The fourth-order valence-corrected chi connectivity index (χ4v) is 7.69. The molecule has 2 bridgehead atoms. The van der Waals surface area contributed by atoms with E-state index in [1.807, 2.05) is 24.1 Å². The lowest BCUT2D eigenvalue weighted by Crippen LogP contribution is -2.61. The van der Waals surface area contributed by atoms with Gasteiger partial charge in [-0.15, -0.1) is 0 Å². The number of carbonyl (C=O) groups is 1. The van der Waals surface area contributed by atoms with Crippen LogP contribution in [0.5, 0.6) is 0 Å². The van der Waals surface area contributed by atoms with Crippen LogP contribution in [0.25, 0.3) is 43.6 Å². The molecule has 3 N–H and O–H groups in total. The first kappa shape index (κ1) is 22.3. The van der Waals surface area contributed by atoms with Gasteiger partial charge >= 0.3 is 0 Å². The van der Waals surface area contributed by atoms with E-state index in [2.05, 4.69) is 57.8 Å². The number of amides is 1. The monoisotopic (exact) mass is 525 g/mol. The number of fused-ring (bicyclic) bond motifs is 13. The Bertz CT molecular complexity index is 1890.